The van der Waals surface area contributed by atoms with Crippen LogP contribution in [0.2, 0.25) is 4.82 Å². The standard InChI is InChI=1S/C23H38O4Se/c1-4-26-20(2)27-19-15-10-8-6-5-7-9-14-18-22(23(24)25-3)28-21-16-12-11-13-17-21/h11-13,16-17,20,22H,4-10,14-15,18-19H2,1-3H3. The molecule has 1 aromatic rings. The quantitative estimate of drug-likeness (QED) is 0.145. The molecule has 160 valence electrons. The van der Waals surface area contributed by atoms with Crippen LogP contribution in [0.5, 0.6) is 0 Å². The zero-order valence-electron chi connectivity index (χ0n) is 17.9. The predicted molar refractivity (Wildman–Crippen MR) is 116 cm³/mol. The van der Waals surface area contributed by atoms with Crippen LogP contribution in [-0.2, 0) is 19.0 Å². The van der Waals surface area contributed by atoms with E-state index in [-0.39, 0.29) is 32.0 Å². The van der Waals surface area contributed by atoms with E-state index in [0.717, 1.165) is 25.9 Å². The van der Waals surface area contributed by atoms with Crippen molar-refractivity contribution in [2.24, 2.45) is 0 Å². The van der Waals surface area contributed by atoms with Crippen LogP contribution in [-0.4, -0.2) is 47.5 Å². The molecule has 5 heteroatoms. The van der Waals surface area contributed by atoms with Crippen LogP contribution in [0, 0.1) is 0 Å². The third-order valence-corrected chi connectivity index (χ3v) is 7.24. The summed E-state index contributed by atoms with van der Waals surface area (Å²) in [5.41, 5.74) is 0. The summed E-state index contributed by atoms with van der Waals surface area (Å²) >= 11 is 0.149. The number of rotatable bonds is 17. The summed E-state index contributed by atoms with van der Waals surface area (Å²) in [5, 5.41) is 0. The number of esters is 1. The Bertz CT molecular complexity index is 495. The number of methoxy groups -OCH3 is 1. The van der Waals surface area contributed by atoms with Crippen molar-refractivity contribution >= 4 is 25.4 Å². The molecule has 0 spiro atoms. The Kier molecular flexibility index (Phi) is 15.3. The molecule has 0 aromatic heterocycles. The number of hydrogen-bond acceptors (Lipinski definition) is 4. The molecule has 0 fully saturated rings. The second-order valence-electron chi connectivity index (χ2n) is 6.95. The van der Waals surface area contributed by atoms with Gasteiger partial charge in [-0.1, -0.05) is 0 Å². The van der Waals surface area contributed by atoms with Crippen LogP contribution < -0.4 is 4.46 Å². The van der Waals surface area contributed by atoms with Gasteiger partial charge >= 0.3 is 146 Å². The molecular weight excluding hydrogens is 419 g/mol. The first-order valence-corrected chi connectivity index (χ1v) is 12.5. The van der Waals surface area contributed by atoms with Crippen LogP contribution >= 0.6 is 0 Å². The van der Waals surface area contributed by atoms with E-state index in [0.29, 0.717) is 6.61 Å². The monoisotopic (exact) mass is 458 g/mol. The third kappa shape index (κ3) is 12.6. The minimum absolute atomic E-state index is 0.0407. The van der Waals surface area contributed by atoms with E-state index in [2.05, 4.69) is 12.1 Å². The fraction of sp³-hybridized carbons (Fsp3) is 0.696. The molecule has 0 bridgehead atoms. The number of carbonyl (C=O) groups excluding carboxylic acids is 1. The van der Waals surface area contributed by atoms with Gasteiger partial charge in [0.1, 0.15) is 0 Å². The second-order valence-corrected chi connectivity index (χ2v) is 9.63. The van der Waals surface area contributed by atoms with Gasteiger partial charge in [-0.25, -0.2) is 0 Å². The van der Waals surface area contributed by atoms with E-state index in [4.69, 9.17) is 14.2 Å². The Morgan fingerprint density at radius 1 is 0.929 bits per heavy atom. The summed E-state index contributed by atoms with van der Waals surface area (Å²) in [6.07, 6.45) is 10.6. The van der Waals surface area contributed by atoms with Crippen molar-refractivity contribution in [3.8, 4) is 0 Å². The molecule has 0 heterocycles. The second kappa shape index (κ2) is 17.0. The molecule has 4 nitrogen and oxygen atoms in total. The fourth-order valence-electron chi connectivity index (χ4n) is 3.04. The van der Waals surface area contributed by atoms with Crippen LogP contribution in [0.3, 0.4) is 0 Å². The van der Waals surface area contributed by atoms with Gasteiger partial charge in [0.05, 0.1) is 0 Å². The summed E-state index contributed by atoms with van der Waals surface area (Å²) in [5.74, 6) is -0.0512. The van der Waals surface area contributed by atoms with Gasteiger partial charge in [-0.05, 0) is 13.8 Å². The van der Waals surface area contributed by atoms with Gasteiger partial charge in [0.15, 0.2) is 6.29 Å². The van der Waals surface area contributed by atoms with Crippen molar-refractivity contribution < 1.29 is 19.0 Å². The molecular formula is C23H38O4Se. The van der Waals surface area contributed by atoms with Crippen molar-refractivity contribution in [2.75, 3.05) is 20.3 Å². The molecule has 1 rings (SSSR count). The zero-order chi connectivity index (χ0) is 20.5. The molecule has 0 radical (unpaired) electrons. The maximum atomic E-state index is 12.1. The average Bonchev–Trinajstić information content (AvgIpc) is 2.71. The molecule has 0 N–H and O–H groups in total. The molecule has 0 aliphatic rings. The number of hydrogen-bond donors (Lipinski definition) is 0. The van der Waals surface area contributed by atoms with Gasteiger partial charge in [-0.2, -0.15) is 0 Å². The van der Waals surface area contributed by atoms with E-state index in [1.807, 2.05) is 32.0 Å². The van der Waals surface area contributed by atoms with E-state index in [1.54, 1.807) is 0 Å². The number of unbranched alkanes of at least 4 members (excludes halogenated alkanes) is 7. The van der Waals surface area contributed by atoms with Gasteiger partial charge in [0.2, 0.25) is 0 Å². The number of benzene rings is 1. The van der Waals surface area contributed by atoms with E-state index in [1.165, 1.54) is 50.1 Å². The SMILES string of the molecule is CCOC(C)OCCCCCCCCCCC([Se]c1ccccc1)C(=O)OC. The molecule has 2 atom stereocenters. The third-order valence-electron chi connectivity index (χ3n) is 4.60. The summed E-state index contributed by atoms with van der Waals surface area (Å²) < 4.78 is 17.2. The Morgan fingerprint density at radius 2 is 1.54 bits per heavy atom. The first kappa shape index (κ1) is 25.2. The Morgan fingerprint density at radius 3 is 2.14 bits per heavy atom. The van der Waals surface area contributed by atoms with Crippen LogP contribution in [0.1, 0.15) is 71.6 Å². The van der Waals surface area contributed by atoms with Gasteiger partial charge in [-0.15, -0.1) is 0 Å². The van der Waals surface area contributed by atoms with Crippen LogP contribution in [0.4, 0.5) is 0 Å². The predicted octanol–water partition coefficient (Wildman–Crippen LogP) is 4.89. The summed E-state index contributed by atoms with van der Waals surface area (Å²) in [6, 6.07) is 10.3. The van der Waals surface area contributed by atoms with E-state index < -0.39 is 0 Å². The topological polar surface area (TPSA) is 44.8 Å². The van der Waals surface area contributed by atoms with Crippen molar-refractivity contribution in [1.82, 2.24) is 0 Å². The molecule has 0 aliphatic heterocycles. The van der Waals surface area contributed by atoms with Crippen molar-refractivity contribution in [2.45, 2.75) is 82.7 Å². The fourth-order valence-corrected chi connectivity index (χ4v) is 5.39. The molecule has 0 saturated carbocycles. The van der Waals surface area contributed by atoms with Gasteiger partial charge in [0, 0.05) is 6.61 Å². The first-order chi connectivity index (χ1) is 13.7. The van der Waals surface area contributed by atoms with Crippen molar-refractivity contribution in [3.63, 3.8) is 0 Å². The molecule has 2 unspecified atom stereocenters. The molecule has 0 amide bonds. The number of ether oxygens (including phenoxy) is 3. The van der Waals surface area contributed by atoms with Crippen molar-refractivity contribution in [1.29, 1.82) is 0 Å². The zero-order valence-corrected chi connectivity index (χ0v) is 19.6. The average molecular weight is 458 g/mol. The van der Waals surface area contributed by atoms with Gasteiger partial charge < -0.3 is 4.74 Å². The summed E-state index contributed by atoms with van der Waals surface area (Å²) in [4.78, 5) is 12.1. The van der Waals surface area contributed by atoms with E-state index in [9.17, 15) is 4.79 Å². The Hall–Kier alpha value is -0.871. The minimum atomic E-state index is -0.0814. The molecule has 0 aliphatic carbocycles. The van der Waals surface area contributed by atoms with Gasteiger partial charge in [-0.3, -0.25) is 0 Å². The van der Waals surface area contributed by atoms with E-state index >= 15 is 0 Å². The van der Waals surface area contributed by atoms with Crippen LogP contribution in [0.15, 0.2) is 30.3 Å². The first-order valence-electron chi connectivity index (χ1n) is 10.7. The van der Waals surface area contributed by atoms with Crippen molar-refractivity contribution in [3.05, 3.63) is 30.3 Å². The van der Waals surface area contributed by atoms with Gasteiger partial charge in [0.25, 0.3) is 0 Å². The Balaban J connectivity index is 2.03. The molecule has 0 saturated heterocycles. The Labute approximate surface area is 177 Å². The summed E-state index contributed by atoms with van der Waals surface area (Å²) in [6.45, 7) is 5.43. The number of carbonyl (C=O) groups is 1. The molecule has 28 heavy (non-hydrogen) atoms. The normalized spacial score (nSPS) is 13.2. The molecule has 1 aromatic carbocycles. The maximum absolute atomic E-state index is 12.1. The van der Waals surface area contributed by atoms with Crippen LogP contribution in [0.25, 0.3) is 0 Å². The summed E-state index contributed by atoms with van der Waals surface area (Å²) in [7, 11) is 1.50.